The Morgan fingerprint density at radius 2 is 2.14 bits per heavy atom. The zero-order valence-corrected chi connectivity index (χ0v) is 12.3. The van der Waals surface area contributed by atoms with Crippen LogP contribution in [0.3, 0.4) is 0 Å². The third-order valence-corrected chi connectivity index (χ3v) is 3.46. The molecular weight excluding hydrogens is 280 g/mol. The van der Waals surface area contributed by atoms with Crippen LogP contribution in [0.15, 0.2) is 36.8 Å². The fourth-order valence-corrected chi connectivity index (χ4v) is 2.20. The summed E-state index contributed by atoms with van der Waals surface area (Å²) in [4.78, 5) is 25.2. The number of benzene rings is 1. The number of fused-ring (bicyclic) bond motifs is 1. The van der Waals surface area contributed by atoms with Crippen molar-refractivity contribution < 1.29 is 4.79 Å². The maximum absolute atomic E-state index is 12.4. The summed E-state index contributed by atoms with van der Waals surface area (Å²) < 4.78 is 0. The lowest BCUT2D eigenvalue weighted by Gasteiger charge is -2.18. The van der Waals surface area contributed by atoms with Crippen molar-refractivity contribution in [1.29, 1.82) is 0 Å². The van der Waals surface area contributed by atoms with Crippen LogP contribution in [0.25, 0.3) is 11.0 Å². The molecule has 1 aromatic carbocycles. The van der Waals surface area contributed by atoms with E-state index in [2.05, 4.69) is 20.3 Å². The topological polar surface area (TPSA) is 99.9 Å². The molecule has 7 nitrogen and oxygen atoms in total. The van der Waals surface area contributed by atoms with Crippen molar-refractivity contribution in [3.05, 3.63) is 42.4 Å². The summed E-state index contributed by atoms with van der Waals surface area (Å²) in [7, 11) is 1.66. The molecule has 0 aliphatic rings. The second kappa shape index (κ2) is 5.36. The molecule has 0 saturated carbocycles. The van der Waals surface area contributed by atoms with E-state index in [0.717, 1.165) is 10.9 Å². The first-order valence-electron chi connectivity index (χ1n) is 6.75. The summed E-state index contributed by atoms with van der Waals surface area (Å²) in [5.74, 6) is 0.533. The van der Waals surface area contributed by atoms with Crippen LogP contribution in [0.5, 0.6) is 0 Å². The van der Waals surface area contributed by atoms with E-state index < -0.39 is 0 Å². The number of aromatic nitrogens is 3. The van der Waals surface area contributed by atoms with Crippen molar-refractivity contribution in [1.82, 2.24) is 15.0 Å². The summed E-state index contributed by atoms with van der Waals surface area (Å²) in [6.45, 7) is 1.91. The van der Waals surface area contributed by atoms with Crippen LogP contribution in [0, 0.1) is 6.92 Å². The van der Waals surface area contributed by atoms with E-state index in [1.54, 1.807) is 25.4 Å². The smallest absolute Gasteiger partial charge is 0.327 e. The number of carbonyl (C=O) groups excluding carboxylic acids is 1. The van der Waals surface area contributed by atoms with Gasteiger partial charge in [-0.15, -0.1) is 0 Å². The van der Waals surface area contributed by atoms with E-state index in [0.29, 0.717) is 22.8 Å². The van der Waals surface area contributed by atoms with Gasteiger partial charge in [0.2, 0.25) is 0 Å². The van der Waals surface area contributed by atoms with Gasteiger partial charge in [0.1, 0.15) is 17.8 Å². The maximum atomic E-state index is 12.4. The minimum absolute atomic E-state index is 0.296. The van der Waals surface area contributed by atoms with Crippen molar-refractivity contribution in [3.8, 4) is 0 Å². The van der Waals surface area contributed by atoms with E-state index in [1.165, 1.54) is 11.2 Å². The highest BCUT2D eigenvalue weighted by molar-refractivity contribution is 6.05. The number of nitrogens with zero attached hydrogens (tertiary/aromatic N) is 3. The molecule has 112 valence electrons. The zero-order chi connectivity index (χ0) is 15.7. The second-order valence-electron chi connectivity index (χ2n) is 5.00. The summed E-state index contributed by atoms with van der Waals surface area (Å²) in [5, 5.41) is 3.62. The van der Waals surface area contributed by atoms with Crippen LogP contribution in [-0.2, 0) is 0 Å². The maximum Gasteiger partial charge on any atom is 0.327 e. The molecule has 2 aromatic heterocycles. The van der Waals surface area contributed by atoms with E-state index in [1.807, 2.05) is 19.1 Å². The summed E-state index contributed by atoms with van der Waals surface area (Å²) in [6, 6.07) is 6.92. The average Bonchev–Trinajstić information content (AvgIpc) is 2.98. The predicted octanol–water partition coefficient (Wildman–Crippen LogP) is 2.52. The molecule has 2 heterocycles. The molecule has 3 aromatic rings. The number of aromatic amines is 1. The van der Waals surface area contributed by atoms with Crippen LogP contribution < -0.4 is 16.0 Å². The van der Waals surface area contributed by atoms with Crippen LogP contribution >= 0.6 is 0 Å². The van der Waals surface area contributed by atoms with Crippen LogP contribution in [0.2, 0.25) is 0 Å². The number of aryl methyl sites for hydroxylation is 1. The van der Waals surface area contributed by atoms with Gasteiger partial charge in [-0.25, -0.2) is 14.8 Å². The second-order valence-corrected chi connectivity index (χ2v) is 5.00. The molecule has 0 fully saturated rings. The Morgan fingerprint density at radius 3 is 2.95 bits per heavy atom. The minimum Gasteiger partial charge on any atom is -0.399 e. The number of rotatable bonds is 2. The Balaban J connectivity index is 1.89. The molecule has 0 spiro atoms. The Morgan fingerprint density at radius 1 is 1.32 bits per heavy atom. The van der Waals surface area contributed by atoms with Gasteiger partial charge in [-0.3, -0.25) is 4.90 Å². The van der Waals surface area contributed by atoms with Crippen molar-refractivity contribution in [2.75, 3.05) is 23.0 Å². The number of H-pyrrole nitrogens is 1. The van der Waals surface area contributed by atoms with Gasteiger partial charge in [0.15, 0.2) is 0 Å². The van der Waals surface area contributed by atoms with Gasteiger partial charge in [0.05, 0.1) is 5.39 Å². The number of nitrogen functional groups attached to an aromatic ring is 1. The summed E-state index contributed by atoms with van der Waals surface area (Å²) in [5.41, 5.74) is 8.65. The average molecular weight is 296 g/mol. The van der Waals surface area contributed by atoms with E-state index in [9.17, 15) is 4.79 Å². The fraction of sp³-hybridized carbons (Fsp3) is 0.133. The molecule has 3 rings (SSSR count). The number of hydrogen-bond donors (Lipinski definition) is 3. The monoisotopic (exact) mass is 296 g/mol. The summed E-state index contributed by atoms with van der Waals surface area (Å²) in [6.07, 6.45) is 3.18. The minimum atomic E-state index is -0.296. The Kier molecular flexibility index (Phi) is 3.38. The number of urea groups is 1. The number of amides is 2. The zero-order valence-electron chi connectivity index (χ0n) is 12.3. The lowest BCUT2D eigenvalue weighted by atomic mass is 10.2. The SMILES string of the molecule is Cc1ccc(N)cc1NC(=O)N(C)c1ncnc2[nH]ccc12. The van der Waals surface area contributed by atoms with Gasteiger partial charge in [0.25, 0.3) is 0 Å². The fourth-order valence-electron chi connectivity index (χ4n) is 2.20. The van der Waals surface area contributed by atoms with Crippen LogP contribution in [0.1, 0.15) is 5.56 Å². The van der Waals surface area contributed by atoms with Gasteiger partial charge < -0.3 is 16.0 Å². The normalized spacial score (nSPS) is 10.6. The van der Waals surface area contributed by atoms with E-state index >= 15 is 0 Å². The van der Waals surface area contributed by atoms with Gasteiger partial charge in [-0.1, -0.05) is 6.07 Å². The van der Waals surface area contributed by atoms with Crippen molar-refractivity contribution >= 4 is 34.3 Å². The first-order chi connectivity index (χ1) is 10.6. The van der Waals surface area contributed by atoms with Crippen molar-refractivity contribution in [2.45, 2.75) is 6.92 Å². The Labute approximate surface area is 127 Å². The van der Waals surface area contributed by atoms with Crippen LogP contribution in [-0.4, -0.2) is 28.0 Å². The molecule has 0 radical (unpaired) electrons. The molecular formula is C15H16N6O. The van der Waals surface area contributed by atoms with Gasteiger partial charge in [0, 0.05) is 24.6 Å². The van der Waals surface area contributed by atoms with Crippen molar-refractivity contribution in [2.24, 2.45) is 0 Å². The molecule has 0 saturated heterocycles. The molecule has 0 bridgehead atoms. The lowest BCUT2D eigenvalue weighted by molar-refractivity contribution is 0.258. The molecule has 0 aliphatic heterocycles. The van der Waals surface area contributed by atoms with E-state index in [4.69, 9.17) is 5.73 Å². The molecule has 2 amide bonds. The highest BCUT2D eigenvalue weighted by atomic mass is 16.2. The molecule has 0 aliphatic carbocycles. The first-order valence-corrected chi connectivity index (χ1v) is 6.75. The molecule has 22 heavy (non-hydrogen) atoms. The van der Waals surface area contributed by atoms with Crippen LogP contribution in [0.4, 0.5) is 22.0 Å². The highest BCUT2D eigenvalue weighted by Crippen LogP contribution is 2.23. The number of carbonyl (C=O) groups is 1. The summed E-state index contributed by atoms with van der Waals surface area (Å²) >= 11 is 0. The standard InChI is InChI=1S/C15H16N6O/c1-9-3-4-10(16)7-12(9)20-15(22)21(2)14-11-5-6-17-13(11)18-8-19-14/h3-8H,16H2,1-2H3,(H,20,22)(H,17,18,19). The third-order valence-electron chi connectivity index (χ3n) is 3.46. The number of hydrogen-bond acceptors (Lipinski definition) is 4. The number of anilines is 3. The molecule has 0 atom stereocenters. The Hall–Kier alpha value is -3.09. The van der Waals surface area contributed by atoms with E-state index in [-0.39, 0.29) is 6.03 Å². The Bertz CT molecular complexity index is 841. The first kappa shape index (κ1) is 13.9. The molecule has 4 N–H and O–H groups in total. The highest BCUT2D eigenvalue weighted by Gasteiger charge is 2.16. The largest absolute Gasteiger partial charge is 0.399 e. The lowest BCUT2D eigenvalue weighted by Crippen LogP contribution is -2.32. The van der Waals surface area contributed by atoms with Gasteiger partial charge in [-0.05, 0) is 30.7 Å². The third kappa shape index (κ3) is 2.44. The van der Waals surface area contributed by atoms with Gasteiger partial charge in [-0.2, -0.15) is 0 Å². The number of nitrogens with one attached hydrogen (secondary N) is 2. The number of nitrogens with two attached hydrogens (primary N) is 1. The quantitative estimate of drug-likeness (QED) is 0.632. The predicted molar refractivity (Wildman–Crippen MR) is 86.9 cm³/mol. The van der Waals surface area contributed by atoms with Gasteiger partial charge >= 0.3 is 6.03 Å². The van der Waals surface area contributed by atoms with Crippen molar-refractivity contribution in [3.63, 3.8) is 0 Å². The molecule has 7 heteroatoms. The molecule has 0 unspecified atom stereocenters.